The lowest BCUT2D eigenvalue weighted by Gasteiger charge is -2.32. The zero-order valence-corrected chi connectivity index (χ0v) is 61.1. The van der Waals surface area contributed by atoms with Gasteiger partial charge in [0.2, 0.25) is 11.0 Å². The molecule has 4 aromatic heterocycles. The predicted octanol–water partition coefficient (Wildman–Crippen LogP) is 17.9. The molecule has 0 aliphatic rings. The number of aromatic nitrogens is 12. The number of fused-ring (bicyclic) bond motifs is 3. The molecule has 0 aliphatic carbocycles. The first-order valence-corrected chi connectivity index (χ1v) is 34.7. The van der Waals surface area contributed by atoms with Crippen molar-refractivity contribution < 1.29 is 49.0 Å². The number of ether oxygens (including phenoxy) is 1. The van der Waals surface area contributed by atoms with Crippen molar-refractivity contribution in [3.8, 4) is 128 Å². The van der Waals surface area contributed by atoms with Gasteiger partial charge in [0.05, 0.1) is 20.9 Å². The molecule has 7 N–H and O–H groups in total. The summed E-state index contributed by atoms with van der Waals surface area (Å²) < 4.78 is 5.31. The number of hydrogen-bond donors (Lipinski definition) is 4. The molecular formula is C89H88ClN12O5+3. The number of rotatable bonds is 11. The van der Waals surface area contributed by atoms with E-state index in [-0.39, 0.29) is 42.4 Å². The Labute approximate surface area is 634 Å². The number of phenolic OH excluding ortho intramolecular Hbond substituents is 4. The Hall–Kier alpha value is -13.8. The molecular weight excluding hydrogens is 1350 g/mol. The summed E-state index contributed by atoms with van der Waals surface area (Å²) in [5.74, 6) is 16.7. The van der Waals surface area contributed by atoms with E-state index in [9.17, 15) is 20.4 Å². The monoisotopic (exact) mass is 1440 g/mol. The SMILES string of the molecule is C#CC#CC#CC#COc1ccc(-c2nc(-c3ccccc3)nc(-c3ccccc3)n2)c(O)c1.CC(C)(c1ccccc1)c1cc(-n2nc3ccccc3[nH+]2)c(O)c(C(C)(C)c2ccccc2)c1.Cc1cc(-n2nc3cc(Cl)ccc3[nH+]2)c(O)c(C(C)(C)C)c1.Cc1ccc(O)c(-n2nc3ccccc3[nH+]2)c1.[HH].[HH].[HH].[HH].[HH].[HH]. The molecule has 0 fully saturated rings. The highest BCUT2D eigenvalue weighted by Gasteiger charge is 2.34. The van der Waals surface area contributed by atoms with Crippen molar-refractivity contribution in [3.05, 3.63) is 293 Å². The average Bonchev–Trinajstić information content (AvgIpc) is 1.75. The van der Waals surface area contributed by atoms with E-state index in [2.05, 4.69) is 179 Å². The highest BCUT2D eigenvalue weighted by Crippen LogP contribution is 2.44. The molecule has 0 aliphatic heterocycles. The van der Waals surface area contributed by atoms with E-state index in [4.69, 9.17) is 27.9 Å². The zero-order chi connectivity index (χ0) is 75.4. The van der Waals surface area contributed by atoms with Gasteiger partial charge in [-0.05, 0) is 152 Å². The lowest BCUT2D eigenvalue weighted by atomic mass is 9.72. The molecule has 11 aromatic carbocycles. The van der Waals surface area contributed by atoms with Gasteiger partial charge in [-0.25, -0.2) is 15.0 Å². The second-order valence-corrected chi connectivity index (χ2v) is 27.7. The van der Waals surface area contributed by atoms with Crippen LogP contribution in [-0.4, -0.2) is 65.1 Å². The molecule has 0 unspecified atom stereocenters. The summed E-state index contributed by atoms with van der Waals surface area (Å²) in [6.45, 7) is 19.0. The van der Waals surface area contributed by atoms with Gasteiger partial charge < -0.3 is 25.2 Å². The van der Waals surface area contributed by atoms with Crippen LogP contribution in [0.5, 0.6) is 28.7 Å². The maximum absolute atomic E-state index is 11.6. The number of nitrogens with zero attached hydrogens (tertiary/aromatic N) is 9. The lowest BCUT2D eigenvalue weighted by Crippen LogP contribution is -2.26. The van der Waals surface area contributed by atoms with Gasteiger partial charge in [0, 0.05) is 76.6 Å². The number of aryl methyl sites for hydroxylation is 2. The minimum absolute atomic E-state index is 0. The largest absolute Gasteiger partial charge is 0.507 e. The number of hydrogen-bond acceptors (Lipinski definition) is 11. The standard InChI is InChI=1S/C30H29N3O.C29H15N3O2.C17H18ClN3O.C13H11N3O.6H2/c1-29(2,21-13-7-5-8-14-21)23-19-24(30(3,4)22-15-9-6-10-16-22)28(34)27(20-23)33-31-25-17-11-12-18-26(25)32-33;1-2-3-4-5-6-13-20-34-24-18-19-25(26(33)21-24)29-31-27(22-14-9-7-10-15-22)30-28(32-29)23-16-11-8-12-17-23;1-10-7-12(17(2,3)4)16(22)15(8-10)21-19-13-6-5-11(18)9-14(13)20-21;1-9-6-7-13(17)12(8-9)16-14-10-4-2-3-5-11(10)15-16;;;;;;/h5-20,34H,1-4H3;1,7-12,14-19,21,33H;5-9,22H,1-4H3;2-8,17H,1H3;6*1H/p+3. The maximum atomic E-state index is 11.6. The van der Waals surface area contributed by atoms with Crippen LogP contribution < -0.4 is 20.0 Å². The van der Waals surface area contributed by atoms with Gasteiger partial charge in [-0.15, -0.1) is 6.42 Å². The van der Waals surface area contributed by atoms with Crippen LogP contribution in [0.3, 0.4) is 0 Å². The van der Waals surface area contributed by atoms with E-state index in [1.165, 1.54) is 11.6 Å². The molecule has 15 aromatic rings. The van der Waals surface area contributed by atoms with Gasteiger partial charge in [-0.1, -0.05) is 224 Å². The molecule has 0 spiro atoms. The molecule has 0 atom stereocenters. The van der Waals surface area contributed by atoms with Crippen LogP contribution >= 0.6 is 11.6 Å². The number of H-pyrrole nitrogens is 3. The predicted molar refractivity (Wildman–Crippen MR) is 431 cm³/mol. The molecule has 17 nitrogen and oxygen atoms in total. The third-order valence-electron chi connectivity index (χ3n) is 17.9. The third-order valence-corrected chi connectivity index (χ3v) is 18.1. The van der Waals surface area contributed by atoms with Crippen molar-refractivity contribution in [2.75, 3.05) is 0 Å². The lowest BCUT2D eigenvalue weighted by molar-refractivity contribution is -0.454. The van der Waals surface area contributed by atoms with Gasteiger partial charge in [0.15, 0.2) is 62.6 Å². The number of benzene rings is 11. The summed E-state index contributed by atoms with van der Waals surface area (Å²) in [6.07, 6.45) is 7.43. The highest BCUT2D eigenvalue weighted by molar-refractivity contribution is 6.31. The fourth-order valence-electron chi connectivity index (χ4n) is 12.0. The Morgan fingerprint density at radius 1 is 0.411 bits per heavy atom. The number of para-hydroxylation sites is 2. The Bertz CT molecular complexity index is 5900. The van der Waals surface area contributed by atoms with Crippen LogP contribution in [0.15, 0.2) is 249 Å². The number of aromatic hydroxyl groups is 4. The molecule has 4 heterocycles. The summed E-state index contributed by atoms with van der Waals surface area (Å²) in [6, 6.07) is 79.4. The number of phenols is 4. The number of aromatic amines is 3. The number of terminal acetylenes is 1. The molecule has 0 radical (unpaired) electrons. The average molecular weight is 1440 g/mol. The van der Waals surface area contributed by atoms with E-state index in [0.717, 1.165) is 77.6 Å². The number of halogens is 1. The molecule has 0 saturated heterocycles. The van der Waals surface area contributed by atoms with Crippen molar-refractivity contribution in [2.24, 2.45) is 0 Å². The van der Waals surface area contributed by atoms with Crippen molar-refractivity contribution in [1.82, 2.24) is 44.6 Å². The first kappa shape index (κ1) is 72.9. The maximum Gasteiger partial charge on any atom is 0.250 e. The van der Waals surface area contributed by atoms with Crippen LogP contribution in [0, 0.1) is 61.9 Å². The highest BCUT2D eigenvalue weighted by atomic mass is 35.5. The summed E-state index contributed by atoms with van der Waals surface area (Å²) in [5.41, 5.74) is 15.7. The molecule has 107 heavy (non-hydrogen) atoms. The first-order chi connectivity index (χ1) is 51.5. The van der Waals surface area contributed by atoms with Crippen LogP contribution in [0.25, 0.3) is 84.3 Å². The molecule has 0 bridgehead atoms. The summed E-state index contributed by atoms with van der Waals surface area (Å²) >= 11 is 6.00. The Balaban J connectivity index is 0.000000238. The quantitative estimate of drug-likeness (QED) is 0.0891. The van der Waals surface area contributed by atoms with E-state index >= 15 is 0 Å². The molecule has 0 amide bonds. The molecule has 15 rings (SSSR count). The van der Waals surface area contributed by atoms with Gasteiger partial charge in [-0.2, -0.15) is 15.3 Å². The van der Waals surface area contributed by atoms with Crippen LogP contribution in [-0.2, 0) is 16.2 Å². The van der Waals surface area contributed by atoms with E-state index in [1.54, 1.807) is 38.7 Å². The van der Waals surface area contributed by atoms with Crippen LogP contribution in [0.4, 0.5) is 0 Å². The minimum Gasteiger partial charge on any atom is -0.507 e. The normalized spacial score (nSPS) is 11.0. The van der Waals surface area contributed by atoms with E-state index < -0.39 is 5.41 Å². The minimum atomic E-state index is -0.421. The zero-order valence-electron chi connectivity index (χ0n) is 60.3. The van der Waals surface area contributed by atoms with Crippen molar-refractivity contribution in [3.63, 3.8) is 0 Å². The van der Waals surface area contributed by atoms with Crippen molar-refractivity contribution in [2.45, 2.75) is 78.6 Å². The molecule has 0 saturated carbocycles. The van der Waals surface area contributed by atoms with Crippen LogP contribution in [0.1, 0.15) is 96.0 Å². The van der Waals surface area contributed by atoms with Crippen LogP contribution in [0.2, 0.25) is 5.02 Å². The van der Waals surface area contributed by atoms with Crippen molar-refractivity contribution in [1.29, 1.82) is 0 Å². The fourth-order valence-corrected chi connectivity index (χ4v) is 12.1. The summed E-state index contributed by atoms with van der Waals surface area (Å²) in [4.78, 5) is 18.7. The summed E-state index contributed by atoms with van der Waals surface area (Å²) in [5, 5.41) is 66.7. The van der Waals surface area contributed by atoms with E-state index in [0.29, 0.717) is 50.9 Å². The van der Waals surface area contributed by atoms with Gasteiger partial charge >= 0.3 is 0 Å². The third kappa shape index (κ3) is 17.0. The van der Waals surface area contributed by atoms with Gasteiger partial charge in [-0.3, -0.25) is 0 Å². The topological polar surface area (TPSA) is 225 Å². The first-order valence-electron chi connectivity index (χ1n) is 34.3. The molecule has 538 valence electrons. The molecule has 18 heteroatoms. The second-order valence-electron chi connectivity index (χ2n) is 27.3. The van der Waals surface area contributed by atoms with Crippen molar-refractivity contribution >= 4 is 44.7 Å². The van der Waals surface area contributed by atoms with Gasteiger partial charge in [0.1, 0.15) is 23.4 Å². The summed E-state index contributed by atoms with van der Waals surface area (Å²) in [7, 11) is 0. The second kappa shape index (κ2) is 31.8. The fraction of sp³-hybridized carbons (Fsp3) is 0.135. The Kier molecular flexibility index (Phi) is 21.7. The Morgan fingerprint density at radius 2 is 0.888 bits per heavy atom. The Morgan fingerprint density at radius 3 is 1.45 bits per heavy atom. The van der Waals surface area contributed by atoms with Gasteiger partial charge in [0.25, 0.3) is 5.52 Å². The smallest absolute Gasteiger partial charge is 0.250 e. The van der Waals surface area contributed by atoms with E-state index in [1.807, 2.05) is 184 Å². The number of nitrogens with one attached hydrogen (secondary N) is 3.